The Morgan fingerprint density at radius 2 is 1.75 bits per heavy atom. The molecule has 0 saturated carbocycles. The predicted molar refractivity (Wildman–Crippen MR) is 86.0 cm³/mol. The second-order valence-electron chi connectivity index (χ2n) is 5.50. The second kappa shape index (κ2) is 6.87. The Bertz CT molecular complexity index is 545. The average molecular weight is 271 g/mol. The van der Waals surface area contributed by atoms with Crippen molar-refractivity contribution < 1.29 is 4.74 Å². The molecule has 2 atom stereocenters. The van der Waals surface area contributed by atoms with E-state index < -0.39 is 0 Å². The van der Waals surface area contributed by atoms with E-state index in [9.17, 15) is 0 Å². The van der Waals surface area contributed by atoms with Crippen molar-refractivity contribution in [1.29, 1.82) is 0 Å². The number of ether oxygens (including phenoxy) is 1. The molecule has 0 aliphatic carbocycles. The van der Waals surface area contributed by atoms with E-state index in [0.29, 0.717) is 5.92 Å². The van der Waals surface area contributed by atoms with Crippen LogP contribution in [0.2, 0.25) is 0 Å². The van der Waals surface area contributed by atoms with Crippen LogP contribution in [0, 0.1) is 5.92 Å². The Morgan fingerprint density at radius 1 is 1.05 bits per heavy atom. The third-order valence-electron chi connectivity index (χ3n) is 3.81. The van der Waals surface area contributed by atoms with Gasteiger partial charge in [-0.1, -0.05) is 56.3 Å². The van der Waals surface area contributed by atoms with Crippen LogP contribution >= 0.6 is 0 Å². The van der Waals surface area contributed by atoms with Gasteiger partial charge in [-0.2, -0.15) is 0 Å². The maximum atomic E-state index is 6.00. The van der Waals surface area contributed by atoms with Gasteiger partial charge in [0.2, 0.25) is 0 Å². The van der Waals surface area contributed by atoms with Crippen LogP contribution in [-0.4, -0.2) is 19.8 Å². The molecule has 0 aliphatic rings. The topological polar surface area (TPSA) is 21.3 Å². The Kier molecular flexibility index (Phi) is 5.16. The van der Waals surface area contributed by atoms with Gasteiger partial charge in [0.25, 0.3) is 0 Å². The summed E-state index contributed by atoms with van der Waals surface area (Å²) in [5.41, 5.74) is 1.32. The summed E-state index contributed by atoms with van der Waals surface area (Å²) in [6.45, 7) is 7.24. The number of fused-ring (bicyclic) bond motifs is 1. The zero-order chi connectivity index (χ0) is 14.5. The molecule has 0 amide bonds. The van der Waals surface area contributed by atoms with Crippen LogP contribution in [0.3, 0.4) is 0 Å². The minimum absolute atomic E-state index is 0.177. The first-order valence-electron chi connectivity index (χ1n) is 7.45. The lowest BCUT2D eigenvalue weighted by atomic mass is 9.90. The molecule has 2 nitrogen and oxygen atoms in total. The maximum absolute atomic E-state index is 6.00. The summed E-state index contributed by atoms with van der Waals surface area (Å²) in [7, 11) is 2.01. The van der Waals surface area contributed by atoms with E-state index in [1.807, 2.05) is 7.05 Å². The van der Waals surface area contributed by atoms with Crippen molar-refractivity contribution in [2.75, 3.05) is 13.7 Å². The monoisotopic (exact) mass is 271 g/mol. The zero-order valence-corrected chi connectivity index (χ0v) is 12.9. The quantitative estimate of drug-likeness (QED) is 0.851. The highest BCUT2D eigenvalue weighted by Crippen LogP contribution is 2.30. The number of hydrogen-bond acceptors (Lipinski definition) is 2. The maximum Gasteiger partial charge on any atom is 0.0792 e. The molecule has 0 fully saturated rings. The van der Waals surface area contributed by atoms with Crippen molar-refractivity contribution in [1.82, 2.24) is 5.32 Å². The van der Waals surface area contributed by atoms with Crippen molar-refractivity contribution in [3.63, 3.8) is 0 Å². The summed E-state index contributed by atoms with van der Waals surface area (Å²) in [5.74, 6) is 0.464. The second-order valence-corrected chi connectivity index (χ2v) is 5.50. The minimum atomic E-state index is 0.177. The lowest BCUT2D eigenvalue weighted by molar-refractivity contribution is 0.00494. The average Bonchev–Trinajstić information content (AvgIpc) is 2.47. The lowest BCUT2D eigenvalue weighted by Crippen LogP contribution is -2.35. The van der Waals surface area contributed by atoms with Gasteiger partial charge in [-0.25, -0.2) is 0 Å². The van der Waals surface area contributed by atoms with Crippen LogP contribution in [0.25, 0.3) is 10.8 Å². The molecule has 0 radical (unpaired) electrons. The summed E-state index contributed by atoms with van der Waals surface area (Å²) in [4.78, 5) is 0. The van der Waals surface area contributed by atoms with Gasteiger partial charge in [0.1, 0.15) is 0 Å². The van der Waals surface area contributed by atoms with Gasteiger partial charge < -0.3 is 10.1 Å². The van der Waals surface area contributed by atoms with Crippen LogP contribution < -0.4 is 5.32 Å². The van der Waals surface area contributed by atoms with Gasteiger partial charge >= 0.3 is 0 Å². The van der Waals surface area contributed by atoms with Crippen LogP contribution in [0.4, 0.5) is 0 Å². The van der Waals surface area contributed by atoms with E-state index in [2.05, 4.69) is 68.6 Å². The van der Waals surface area contributed by atoms with E-state index in [4.69, 9.17) is 4.74 Å². The Labute approximate surface area is 122 Å². The van der Waals surface area contributed by atoms with Gasteiger partial charge in [-0.15, -0.1) is 0 Å². The first-order chi connectivity index (χ1) is 9.69. The van der Waals surface area contributed by atoms with Crippen molar-refractivity contribution >= 4 is 10.8 Å². The number of benzene rings is 2. The Morgan fingerprint density at radius 3 is 2.40 bits per heavy atom. The Hall–Kier alpha value is -1.38. The Balaban J connectivity index is 2.48. The van der Waals surface area contributed by atoms with Gasteiger partial charge in [-0.3, -0.25) is 0 Å². The molecule has 20 heavy (non-hydrogen) atoms. The molecule has 0 bridgehead atoms. The first kappa shape index (κ1) is 15.0. The largest absolute Gasteiger partial charge is 0.376 e. The van der Waals surface area contributed by atoms with Gasteiger partial charge in [0.15, 0.2) is 0 Å². The lowest BCUT2D eigenvalue weighted by Gasteiger charge is -2.31. The molecular formula is C18H25NO. The van der Waals surface area contributed by atoms with E-state index in [1.54, 1.807) is 0 Å². The van der Waals surface area contributed by atoms with Crippen LogP contribution in [-0.2, 0) is 4.74 Å². The summed E-state index contributed by atoms with van der Waals surface area (Å²) < 4.78 is 6.00. The fourth-order valence-corrected chi connectivity index (χ4v) is 2.88. The predicted octanol–water partition coefficient (Wildman–Crippen LogP) is 4.16. The molecule has 2 rings (SSSR count). The molecule has 0 spiro atoms. The molecule has 108 valence electrons. The van der Waals surface area contributed by atoms with Crippen molar-refractivity contribution in [3.05, 3.63) is 48.0 Å². The number of likely N-dealkylation sites (N-methyl/N-ethyl adjacent to an activating group) is 1. The van der Waals surface area contributed by atoms with E-state index in [-0.39, 0.29) is 12.1 Å². The molecule has 0 heterocycles. The normalized spacial score (nSPS) is 14.7. The molecule has 0 aromatic heterocycles. The molecular weight excluding hydrogens is 246 g/mol. The third kappa shape index (κ3) is 3.02. The molecule has 2 aromatic rings. The molecule has 2 heteroatoms. The van der Waals surface area contributed by atoms with Gasteiger partial charge in [0, 0.05) is 6.61 Å². The standard InChI is InChI=1S/C18H25NO/c1-5-20-18(13(2)3)17(19-4)16-12-8-10-14-9-6-7-11-15(14)16/h6-13,17-19H,5H2,1-4H3. The van der Waals surface area contributed by atoms with E-state index in [0.717, 1.165) is 6.61 Å². The summed E-state index contributed by atoms with van der Waals surface area (Å²) in [6.07, 6.45) is 0.177. The number of hydrogen-bond donors (Lipinski definition) is 1. The highest BCUT2D eigenvalue weighted by Gasteiger charge is 2.26. The smallest absolute Gasteiger partial charge is 0.0792 e. The first-order valence-corrected chi connectivity index (χ1v) is 7.45. The fourth-order valence-electron chi connectivity index (χ4n) is 2.88. The number of rotatable bonds is 6. The fraction of sp³-hybridized carbons (Fsp3) is 0.444. The SMILES string of the molecule is CCOC(C(C)C)C(NC)c1cccc2ccccc12. The zero-order valence-electron chi connectivity index (χ0n) is 12.9. The number of nitrogens with one attached hydrogen (secondary N) is 1. The van der Waals surface area contributed by atoms with Crippen LogP contribution in [0.1, 0.15) is 32.4 Å². The van der Waals surface area contributed by atoms with Gasteiger partial charge in [0.05, 0.1) is 12.1 Å². The molecule has 1 N–H and O–H groups in total. The highest BCUT2D eigenvalue weighted by atomic mass is 16.5. The molecule has 0 aliphatic heterocycles. The van der Waals surface area contributed by atoms with Crippen LogP contribution in [0.15, 0.2) is 42.5 Å². The van der Waals surface area contributed by atoms with Crippen molar-refractivity contribution in [2.24, 2.45) is 5.92 Å². The van der Waals surface area contributed by atoms with E-state index >= 15 is 0 Å². The summed E-state index contributed by atoms with van der Waals surface area (Å²) >= 11 is 0. The van der Waals surface area contributed by atoms with Crippen molar-refractivity contribution in [2.45, 2.75) is 32.9 Å². The summed E-state index contributed by atoms with van der Waals surface area (Å²) in [6, 6.07) is 15.3. The minimum Gasteiger partial charge on any atom is -0.376 e. The van der Waals surface area contributed by atoms with Gasteiger partial charge in [-0.05, 0) is 36.2 Å². The summed E-state index contributed by atoms with van der Waals surface area (Å²) in [5, 5.41) is 6.04. The molecule has 2 unspecified atom stereocenters. The van der Waals surface area contributed by atoms with Crippen LogP contribution in [0.5, 0.6) is 0 Å². The van der Waals surface area contributed by atoms with E-state index in [1.165, 1.54) is 16.3 Å². The van der Waals surface area contributed by atoms with Crippen molar-refractivity contribution in [3.8, 4) is 0 Å². The highest BCUT2D eigenvalue weighted by molar-refractivity contribution is 5.86. The molecule has 2 aromatic carbocycles. The third-order valence-corrected chi connectivity index (χ3v) is 3.81. The molecule has 0 saturated heterocycles.